The summed E-state index contributed by atoms with van der Waals surface area (Å²) in [6, 6.07) is 6.20. The standard InChI is InChI=1S/C17H17N5O4/c1-3-21-12-11(13(23)22(4-2)16(21)26)17(20-15(25)19-12)9-7-5-6-8-10(9)18-14(17)24/h5-8H,3-4H2,1-2H3,(H,18,24)(H2,19,20,25). The van der Waals surface area contributed by atoms with Gasteiger partial charge in [0.2, 0.25) is 0 Å². The first kappa shape index (κ1) is 16.1. The van der Waals surface area contributed by atoms with E-state index in [0.717, 1.165) is 4.57 Å². The summed E-state index contributed by atoms with van der Waals surface area (Å²) in [5.41, 5.74) is -1.76. The molecule has 2 aromatic rings. The van der Waals surface area contributed by atoms with Crippen LogP contribution in [0.25, 0.3) is 0 Å². The average molecular weight is 355 g/mol. The Bertz CT molecular complexity index is 1080. The first-order valence-corrected chi connectivity index (χ1v) is 8.33. The van der Waals surface area contributed by atoms with E-state index in [-0.39, 0.29) is 24.5 Å². The number of urea groups is 1. The van der Waals surface area contributed by atoms with Crippen LogP contribution in [-0.2, 0) is 23.4 Å². The average Bonchev–Trinajstić information content (AvgIpc) is 2.87. The smallest absolute Gasteiger partial charge is 0.323 e. The first-order chi connectivity index (χ1) is 12.5. The summed E-state index contributed by atoms with van der Waals surface area (Å²) in [6.07, 6.45) is 0. The number of para-hydroxylation sites is 1. The molecule has 1 unspecified atom stereocenters. The van der Waals surface area contributed by atoms with Gasteiger partial charge in [-0.3, -0.25) is 24.0 Å². The van der Waals surface area contributed by atoms with Crippen molar-refractivity contribution >= 4 is 23.4 Å². The fraction of sp³-hybridized carbons (Fsp3) is 0.294. The number of nitrogens with zero attached hydrogens (tertiary/aromatic N) is 2. The van der Waals surface area contributed by atoms with E-state index in [1.165, 1.54) is 4.57 Å². The van der Waals surface area contributed by atoms with E-state index in [1.54, 1.807) is 38.1 Å². The van der Waals surface area contributed by atoms with Crippen molar-refractivity contribution < 1.29 is 9.59 Å². The number of amides is 3. The van der Waals surface area contributed by atoms with E-state index >= 15 is 0 Å². The number of anilines is 2. The van der Waals surface area contributed by atoms with E-state index in [4.69, 9.17) is 0 Å². The third-order valence-electron chi connectivity index (χ3n) is 4.89. The monoisotopic (exact) mass is 355 g/mol. The Morgan fingerprint density at radius 2 is 1.65 bits per heavy atom. The summed E-state index contributed by atoms with van der Waals surface area (Å²) >= 11 is 0. The van der Waals surface area contributed by atoms with Gasteiger partial charge in [-0.05, 0) is 19.9 Å². The van der Waals surface area contributed by atoms with Crippen LogP contribution in [0.4, 0.5) is 16.3 Å². The van der Waals surface area contributed by atoms with Gasteiger partial charge < -0.3 is 10.6 Å². The van der Waals surface area contributed by atoms with E-state index < -0.39 is 28.7 Å². The van der Waals surface area contributed by atoms with Crippen LogP contribution in [0.2, 0.25) is 0 Å². The van der Waals surface area contributed by atoms with Crippen LogP contribution in [0.1, 0.15) is 25.0 Å². The summed E-state index contributed by atoms with van der Waals surface area (Å²) < 4.78 is 2.37. The summed E-state index contributed by atoms with van der Waals surface area (Å²) in [6.45, 7) is 3.80. The molecule has 1 aromatic heterocycles. The molecular weight excluding hydrogens is 338 g/mol. The minimum absolute atomic E-state index is 0.0443. The van der Waals surface area contributed by atoms with Crippen LogP contribution in [-0.4, -0.2) is 21.1 Å². The van der Waals surface area contributed by atoms with Crippen molar-refractivity contribution in [2.75, 3.05) is 10.6 Å². The van der Waals surface area contributed by atoms with Gasteiger partial charge in [-0.25, -0.2) is 9.59 Å². The molecule has 1 aromatic carbocycles. The van der Waals surface area contributed by atoms with Gasteiger partial charge in [-0.15, -0.1) is 0 Å². The van der Waals surface area contributed by atoms with Gasteiger partial charge in [-0.1, -0.05) is 18.2 Å². The lowest BCUT2D eigenvalue weighted by molar-refractivity contribution is -0.120. The van der Waals surface area contributed by atoms with Crippen LogP contribution in [0.5, 0.6) is 0 Å². The second-order valence-electron chi connectivity index (χ2n) is 6.13. The van der Waals surface area contributed by atoms with E-state index in [2.05, 4.69) is 16.0 Å². The highest BCUT2D eigenvalue weighted by atomic mass is 16.2. The number of fused-ring (bicyclic) bond motifs is 4. The molecule has 26 heavy (non-hydrogen) atoms. The maximum Gasteiger partial charge on any atom is 0.332 e. The molecule has 0 bridgehead atoms. The number of aromatic nitrogens is 2. The van der Waals surface area contributed by atoms with Crippen molar-refractivity contribution in [1.82, 2.24) is 14.5 Å². The van der Waals surface area contributed by atoms with E-state index in [0.29, 0.717) is 11.3 Å². The Morgan fingerprint density at radius 3 is 2.35 bits per heavy atom. The first-order valence-electron chi connectivity index (χ1n) is 8.33. The van der Waals surface area contributed by atoms with Gasteiger partial charge in [0, 0.05) is 24.3 Å². The summed E-state index contributed by atoms with van der Waals surface area (Å²) in [7, 11) is 0. The number of hydrogen-bond donors (Lipinski definition) is 3. The molecule has 3 heterocycles. The van der Waals surface area contributed by atoms with Crippen LogP contribution in [0.15, 0.2) is 33.9 Å². The molecule has 1 spiro atoms. The summed E-state index contributed by atoms with van der Waals surface area (Å²) in [5, 5.41) is 7.88. The van der Waals surface area contributed by atoms with E-state index in [9.17, 15) is 19.2 Å². The minimum Gasteiger partial charge on any atom is -0.323 e. The molecule has 0 aliphatic carbocycles. The van der Waals surface area contributed by atoms with Crippen molar-refractivity contribution in [3.05, 3.63) is 56.2 Å². The van der Waals surface area contributed by atoms with E-state index in [1.807, 2.05) is 0 Å². The van der Waals surface area contributed by atoms with Gasteiger partial charge in [0.25, 0.3) is 11.5 Å². The molecular formula is C17H17N5O4. The maximum atomic E-state index is 13.1. The molecule has 9 heteroatoms. The van der Waals surface area contributed by atoms with Crippen molar-refractivity contribution in [2.45, 2.75) is 32.5 Å². The zero-order chi connectivity index (χ0) is 18.6. The Labute approximate surface area is 147 Å². The molecule has 2 aliphatic heterocycles. The van der Waals surface area contributed by atoms with Crippen molar-refractivity contribution in [2.24, 2.45) is 0 Å². The lowest BCUT2D eigenvalue weighted by Gasteiger charge is -2.35. The van der Waals surface area contributed by atoms with Gasteiger partial charge in [0.15, 0.2) is 5.54 Å². The number of hydrogen-bond acceptors (Lipinski definition) is 4. The van der Waals surface area contributed by atoms with Crippen molar-refractivity contribution in [3.8, 4) is 0 Å². The molecule has 2 aliphatic rings. The number of benzene rings is 1. The molecule has 134 valence electrons. The molecule has 9 nitrogen and oxygen atoms in total. The van der Waals surface area contributed by atoms with Crippen LogP contribution >= 0.6 is 0 Å². The topological polar surface area (TPSA) is 114 Å². The highest BCUT2D eigenvalue weighted by molar-refractivity contribution is 6.13. The van der Waals surface area contributed by atoms with Gasteiger partial charge in [0.1, 0.15) is 5.82 Å². The second kappa shape index (κ2) is 5.32. The molecule has 4 rings (SSSR count). The molecule has 0 radical (unpaired) electrons. The van der Waals surface area contributed by atoms with Crippen molar-refractivity contribution in [3.63, 3.8) is 0 Å². The SMILES string of the molecule is CCn1c2c(c(=O)n(CC)c1=O)C1(NC(=O)N2)C(=O)Nc2ccccc21. The van der Waals surface area contributed by atoms with Crippen LogP contribution < -0.4 is 27.2 Å². The predicted octanol–water partition coefficient (Wildman–Crippen LogP) is 0.381. The Morgan fingerprint density at radius 1 is 0.962 bits per heavy atom. The van der Waals surface area contributed by atoms with Crippen LogP contribution in [0.3, 0.4) is 0 Å². The Kier molecular flexibility index (Phi) is 3.30. The second-order valence-corrected chi connectivity index (χ2v) is 6.13. The number of rotatable bonds is 2. The zero-order valence-corrected chi connectivity index (χ0v) is 14.3. The lowest BCUT2D eigenvalue weighted by atomic mass is 9.83. The number of carbonyl (C=O) groups is 2. The van der Waals surface area contributed by atoms with Crippen LogP contribution in [0, 0.1) is 0 Å². The molecule has 0 saturated heterocycles. The van der Waals surface area contributed by atoms with Gasteiger partial charge in [-0.2, -0.15) is 0 Å². The predicted molar refractivity (Wildman–Crippen MR) is 94.3 cm³/mol. The van der Waals surface area contributed by atoms with Gasteiger partial charge in [0.05, 0.1) is 5.56 Å². The molecule has 3 N–H and O–H groups in total. The largest absolute Gasteiger partial charge is 0.332 e. The maximum absolute atomic E-state index is 13.1. The highest BCUT2D eigenvalue weighted by Crippen LogP contribution is 2.43. The fourth-order valence-electron chi connectivity index (χ4n) is 3.74. The summed E-state index contributed by atoms with van der Waals surface area (Å²) in [5.74, 6) is -0.473. The third kappa shape index (κ3) is 1.79. The molecule has 0 saturated carbocycles. The third-order valence-corrected chi connectivity index (χ3v) is 4.89. The lowest BCUT2D eigenvalue weighted by Crippen LogP contribution is -2.61. The van der Waals surface area contributed by atoms with Gasteiger partial charge >= 0.3 is 11.7 Å². The summed E-state index contributed by atoms with van der Waals surface area (Å²) in [4.78, 5) is 51.1. The van der Waals surface area contributed by atoms with Crippen molar-refractivity contribution in [1.29, 1.82) is 0 Å². The minimum atomic E-state index is -1.67. The highest BCUT2D eigenvalue weighted by Gasteiger charge is 2.55. The molecule has 1 atom stereocenters. The Balaban J connectivity index is 2.20. The normalized spacial score (nSPS) is 20.2. The number of nitrogens with one attached hydrogen (secondary N) is 3. The quantitative estimate of drug-likeness (QED) is 0.722. The Hall–Kier alpha value is -3.36. The zero-order valence-electron chi connectivity index (χ0n) is 14.3. The molecule has 3 amide bonds. The number of carbonyl (C=O) groups excluding carboxylic acids is 2. The fourth-order valence-corrected chi connectivity index (χ4v) is 3.74. The molecule has 0 fully saturated rings.